The summed E-state index contributed by atoms with van der Waals surface area (Å²) in [5.41, 5.74) is 3.25. The fraction of sp³-hybridized carbons (Fsp3) is 0.316. The maximum Gasteiger partial charge on any atom is 0.226 e. The van der Waals surface area contributed by atoms with Crippen molar-refractivity contribution < 1.29 is 4.79 Å². The van der Waals surface area contributed by atoms with Gasteiger partial charge in [-0.15, -0.1) is 11.3 Å². The second kappa shape index (κ2) is 7.19. The zero-order valence-electron chi connectivity index (χ0n) is 13.9. The van der Waals surface area contributed by atoms with Crippen LogP contribution < -0.4 is 5.32 Å². The molecule has 1 aromatic carbocycles. The number of para-hydroxylation sites is 1. The van der Waals surface area contributed by atoms with Crippen molar-refractivity contribution in [2.24, 2.45) is 0 Å². The summed E-state index contributed by atoms with van der Waals surface area (Å²) in [6.45, 7) is 0. The quantitative estimate of drug-likeness (QED) is 0.760. The van der Waals surface area contributed by atoms with E-state index in [0.717, 1.165) is 29.2 Å². The van der Waals surface area contributed by atoms with E-state index in [1.165, 1.54) is 23.4 Å². The molecule has 0 unspecified atom stereocenters. The van der Waals surface area contributed by atoms with Crippen LogP contribution in [0.5, 0.6) is 0 Å². The van der Waals surface area contributed by atoms with Crippen molar-refractivity contribution in [1.82, 2.24) is 14.8 Å². The number of fused-ring (bicyclic) bond motifs is 1. The molecule has 2 heterocycles. The molecule has 1 aliphatic rings. The predicted octanol–water partition coefficient (Wildman–Crippen LogP) is 3.78. The molecule has 0 radical (unpaired) electrons. The van der Waals surface area contributed by atoms with Crippen LogP contribution in [0.2, 0.25) is 0 Å². The highest BCUT2D eigenvalue weighted by atomic mass is 32.1. The van der Waals surface area contributed by atoms with E-state index in [9.17, 15) is 4.79 Å². The Bertz CT molecular complexity index is 845. The minimum Gasteiger partial charge on any atom is -0.302 e. The molecule has 5 nitrogen and oxygen atoms in total. The Kier molecular flexibility index (Phi) is 4.61. The number of nitrogens with one attached hydrogen (secondary N) is 1. The molecule has 0 bridgehead atoms. The number of thiazole rings is 1. The molecule has 0 atom stereocenters. The third kappa shape index (κ3) is 3.79. The van der Waals surface area contributed by atoms with Crippen molar-refractivity contribution in [3.8, 4) is 5.69 Å². The highest BCUT2D eigenvalue weighted by molar-refractivity contribution is 7.15. The first-order valence-electron chi connectivity index (χ1n) is 8.65. The van der Waals surface area contributed by atoms with Gasteiger partial charge < -0.3 is 5.32 Å². The summed E-state index contributed by atoms with van der Waals surface area (Å²) in [7, 11) is 0. The zero-order chi connectivity index (χ0) is 17.1. The minimum atomic E-state index is 0.0126. The normalized spacial score (nSPS) is 13.4. The number of carbonyl (C=O) groups excluding carboxylic acids is 1. The van der Waals surface area contributed by atoms with E-state index in [1.54, 1.807) is 11.3 Å². The number of anilines is 1. The summed E-state index contributed by atoms with van der Waals surface area (Å²) in [5.74, 6) is 0.0126. The monoisotopic (exact) mass is 352 g/mol. The highest BCUT2D eigenvalue weighted by Crippen LogP contribution is 2.29. The molecule has 2 aromatic heterocycles. The van der Waals surface area contributed by atoms with Crippen LogP contribution in [0, 0.1) is 0 Å². The summed E-state index contributed by atoms with van der Waals surface area (Å²) in [4.78, 5) is 18.1. The minimum absolute atomic E-state index is 0.0126. The van der Waals surface area contributed by atoms with E-state index < -0.39 is 0 Å². The van der Waals surface area contributed by atoms with Gasteiger partial charge >= 0.3 is 0 Å². The Morgan fingerprint density at radius 3 is 2.88 bits per heavy atom. The van der Waals surface area contributed by atoms with Crippen molar-refractivity contribution in [3.05, 3.63) is 58.9 Å². The topological polar surface area (TPSA) is 59.8 Å². The standard InChI is InChI=1S/C19H20N4OS/c24-18(22-19-21-16-8-4-5-9-17(16)25-19)11-10-14-12-20-23(13-14)15-6-2-1-3-7-15/h1-3,6-7,12-13H,4-5,8-11H2,(H,21,22,24). The molecular formula is C19H20N4OS. The molecule has 1 amide bonds. The molecule has 0 fully saturated rings. The van der Waals surface area contributed by atoms with Crippen LogP contribution in [0.3, 0.4) is 0 Å². The molecule has 1 aliphatic carbocycles. The maximum absolute atomic E-state index is 12.2. The SMILES string of the molecule is O=C(CCc1cnn(-c2ccccc2)c1)Nc1nc2c(s1)CCCC2. The fourth-order valence-corrected chi connectivity index (χ4v) is 4.12. The Morgan fingerprint density at radius 2 is 2.04 bits per heavy atom. The smallest absolute Gasteiger partial charge is 0.226 e. The summed E-state index contributed by atoms with van der Waals surface area (Å²) in [5, 5.41) is 8.06. The molecule has 128 valence electrons. The van der Waals surface area contributed by atoms with E-state index in [4.69, 9.17) is 0 Å². The molecule has 4 rings (SSSR count). The fourth-order valence-electron chi connectivity index (χ4n) is 3.06. The van der Waals surface area contributed by atoms with Crippen molar-refractivity contribution in [2.45, 2.75) is 38.5 Å². The largest absolute Gasteiger partial charge is 0.302 e. The van der Waals surface area contributed by atoms with Crippen molar-refractivity contribution >= 4 is 22.4 Å². The van der Waals surface area contributed by atoms with Gasteiger partial charge in [0.15, 0.2) is 5.13 Å². The van der Waals surface area contributed by atoms with Crippen LogP contribution in [0.1, 0.15) is 35.4 Å². The summed E-state index contributed by atoms with van der Waals surface area (Å²) < 4.78 is 1.84. The molecule has 0 spiro atoms. The Morgan fingerprint density at radius 1 is 1.20 bits per heavy atom. The van der Waals surface area contributed by atoms with Crippen molar-refractivity contribution in [1.29, 1.82) is 0 Å². The summed E-state index contributed by atoms with van der Waals surface area (Å²) >= 11 is 1.63. The van der Waals surface area contributed by atoms with Gasteiger partial charge in [-0.1, -0.05) is 18.2 Å². The third-order valence-electron chi connectivity index (χ3n) is 4.39. The van der Waals surface area contributed by atoms with Gasteiger partial charge in [0.1, 0.15) is 0 Å². The molecular weight excluding hydrogens is 332 g/mol. The first-order valence-corrected chi connectivity index (χ1v) is 9.47. The van der Waals surface area contributed by atoms with Gasteiger partial charge in [-0.25, -0.2) is 9.67 Å². The van der Waals surface area contributed by atoms with E-state index in [1.807, 2.05) is 47.4 Å². The van der Waals surface area contributed by atoms with Crippen molar-refractivity contribution in [2.75, 3.05) is 5.32 Å². The zero-order valence-corrected chi connectivity index (χ0v) is 14.8. The number of benzene rings is 1. The molecule has 0 saturated carbocycles. The van der Waals surface area contributed by atoms with Crippen LogP contribution in [-0.4, -0.2) is 20.7 Å². The average molecular weight is 352 g/mol. The van der Waals surface area contributed by atoms with Gasteiger partial charge in [0.25, 0.3) is 0 Å². The lowest BCUT2D eigenvalue weighted by Gasteiger charge is -2.06. The molecule has 3 aromatic rings. The highest BCUT2D eigenvalue weighted by Gasteiger charge is 2.16. The van der Waals surface area contributed by atoms with Gasteiger partial charge in [-0.05, 0) is 49.8 Å². The lowest BCUT2D eigenvalue weighted by molar-refractivity contribution is -0.116. The Labute approximate surface area is 150 Å². The lowest BCUT2D eigenvalue weighted by Crippen LogP contribution is -2.12. The lowest BCUT2D eigenvalue weighted by atomic mass is 10.0. The second-order valence-electron chi connectivity index (χ2n) is 6.27. The van der Waals surface area contributed by atoms with Gasteiger partial charge in [0, 0.05) is 17.5 Å². The maximum atomic E-state index is 12.2. The molecule has 1 N–H and O–H groups in total. The number of amides is 1. The molecule has 0 aliphatic heterocycles. The summed E-state index contributed by atoms with van der Waals surface area (Å²) in [6, 6.07) is 9.96. The molecule has 25 heavy (non-hydrogen) atoms. The number of hydrogen-bond donors (Lipinski definition) is 1. The van der Waals surface area contributed by atoms with Gasteiger partial charge in [0.05, 0.1) is 17.6 Å². The van der Waals surface area contributed by atoms with Crippen LogP contribution in [0.4, 0.5) is 5.13 Å². The summed E-state index contributed by atoms with van der Waals surface area (Å²) in [6.07, 6.45) is 9.48. The van der Waals surface area contributed by atoms with Gasteiger partial charge in [0.2, 0.25) is 5.91 Å². The third-order valence-corrected chi connectivity index (χ3v) is 5.46. The number of carbonyl (C=O) groups is 1. The van der Waals surface area contributed by atoms with Gasteiger partial charge in [-0.2, -0.15) is 5.10 Å². The van der Waals surface area contributed by atoms with E-state index >= 15 is 0 Å². The average Bonchev–Trinajstić information content (AvgIpc) is 3.27. The molecule has 6 heteroatoms. The first-order chi connectivity index (χ1) is 12.3. The van der Waals surface area contributed by atoms with Crippen LogP contribution in [0.25, 0.3) is 5.69 Å². The molecule has 0 saturated heterocycles. The number of aryl methyl sites for hydroxylation is 3. The second-order valence-corrected chi connectivity index (χ2v) is 7.36. The van der Waals surface area contributed by atoms with Gasteiger partial charge in [-0.3, -0.25) is 4.79 Å². The van der Waals surface area contributed by atoms with E-state index in [-0.39, 0.29) is 5.91 Å². The number of aromatic nitrogens is 3. The van der Waals surface area contributed by atoms with Crippen molar-refractivity contribution in [3.63, 3.8) is 0 Å². The Hall–Kier alpha value is -2.47. The van der Waals surface area contributed by atoms with E-state index in [2.05, 4.69) is 15.4 Å². The number of rotatable bonds is 5. The number of nitrogens with zero attached hydrogens (tertiary/aromatic N) is 3. The van der Waals surface area contributed by atoms with E-state index in [0.29, 0.717) is 12.8 Å². The van der Waals surface area contributed by atoms with Crippen LogP contribution in [-0.2, 0) is 24.1 Å². The predicted molar refractivity (Wildman–Crippen MR) is 99.3 cm³/mol. The number of hydrogen-bond acceptors (Lipinski definition) is 4. The van der Waals surface area contributed by atoms with Crippen LogP contribution >= 0.6 is 11.3 Å². The van der Waals surface area contributed by atoms with Crippen LogP contribution in [0.15, 0.2) is 42.7 Å². The Balaban J connectivity index is 1.33. The first kappa shape index (κ1) is 16.0.